The molecule has 120 valence electrons. The molecular weight excluding hydrogens is 278 g/mol. The van der Waals surface area contributed by atoms with Crippen LogP contribution in [0.4, 0.5) is 4.79 Å². The number of rotatable bonds is 2. The highest BCUT2D eigenvalue weighted by Gasteiger charge is 2.54. The predicted octanol–water partition coefficient (Wildman–Crippen LogP) is 3.56. The fraction of sp³-hybridized carbons (Fsp3) is 0.611. The van der Waals surface area contributed by atoms with Crippen molar-refractivity contribution in [2.24, 2.45) is 5.92 Å². The van der Waals surface area contributed by atoms with Crippen molar-refractivity contribution in [3.8, 4) is 0 Å². The molecule has 2 fully saturated rings. The van der Waals surface area contributed by atoms with Gasteiger partial charge in [0.2, 0.25) is 0 Å². The van der Waals surface area contributed by atoms with E-state index >= 15 is 0 Å². The fourth-order valence-electron chi connectivity index (χ4n) is 3.29. The van der Waals surface area contributed by atoms with Gasteiger partial charge in [0, 0.05) is 19.0 Å². The lowest BCUT2D eigenvalue weighted by Gasteiger charge is -2.36. The van der Waals surface area contributed by atoms with Gasteiger partial charge in [-0.25, -0.2) is 4.79 Å². The summed E-state index contributed by atoms with van der Waals surface area (Å²) in [6.07, 6.45) is 1.89. The highest BCUT2D eigenvalue weighted by molar-refractivity contribution is 5.68. The van der Waals surface area contributed by atoms with Crippen molar-refractivity contribution in [2.45, 2.75) is 44.8 Å². The molecule has 22 heavy (non-hydrogen) atoms. The lowest BCUT2D eigenvalue weighted by atomic mass is 9.81. The minimum Gasteiger partial charge on any atom is -0.444 e. The molecule has 2 saturated heterocycles. The van der Waals surface area contributed by atoms with Crippen LogP contribution in [0, 0.1) is 5.92 Å². The summed E-state index contributed by atoms with van der Waals surface area (Å²) in [6, 6.07) is 10.4. The molecule has 0 aromatic heterocycles. The van der Waals surface area contributed by atoms with Crippen LogP contribution in [0.25, 0.3) is 0 Å². The number of amides is 1. The summed E-state index contributed by atoms with van der Waals surface area (Å²) in [5.74, 6) is 0.344. The number of epoxide rings is 1. The highest BCUT2D eigenvalue weighted by atomic mass is 16.6. The first-order chi connectivity index (χ1) is 10.4. The van der Waals surface area contributed by atoms with Crippen LogP contribution in [0.15, 0.2) is 30.3 Å². The number of nitrogens with zero attached hydrogens (tertiary/aromatic N) is 1. The molecule has 0 radical (unpaired) electrons. The summed E-state index contributed by atoms with van der Waals surface area (Å²) < 4.78 is 11.4. The zero-order chi connectivity index (χ0) is 15.8. The van der Waals surface area contributed by atoms with Crippen molar-refractivity contribution in [2.75, 3.05) is 19.7 Å². The summed E-state index contributed by atoms with van der Waals surface area (Å²) in [5, 5.41) is 0. The summed E-state index contributed by atoms with van der Waals surface area (Å²) in [5.41, 5.74) is 0.588. The van der Waals surface area contributed by atoms with Gasteiger partial charge in [-0.3, -0.25) is 0 Å². The van der Waals surface area contributed by atoms with E-state index < -0.39 is 5.60 Å². The van der Waals surface area contributed by atoms with Crippen molar-refractivity contribution < 1.29 is 14.3 Å². The van der Waals surface area contributed by atoms with Crippen LogP contribution in [0.1, 0.15) is 39.2 Å². The molecule has 1 aromatic rings. The number of piperidine rings is 1. The lowest BCUT2D eigenvalue weighted by Crippen LogP contribution is -2.46. The van der Waals surface area contributed by atoms with Gasteiger partial charge in [-0.1, -0.05) is 30.3 Å². The number of ether oxygens (including phenoxy) is 2. The first-order valence-corrected chi connectivity index (χ1v) is 8.08. The molecule has 0 N–H and O–H groups in total. The van der Waals surface area contributed by atoms with Gasteiger partial charge in [-0.15, -0.1) is 0 Å². The van der Waals surface area contributed by atoms with Gasteiger partial charge in [0.1, 0.15) is 11.2 Å². The normalized spacial score (nSPS) is 28.3. The molecule has 0 bridgehead atoms. The molecule has 0 spiro atoms. The number of carbonyl (C=O) groups excluding carboxylic acids is 1. The van der Waals surface area contributed by atoms with Gasteiger partial charge < -0.3 is 14.4 Å². The van der Waals surface area contributed by atoms with E-state index in [9.17, 15) is 4.79 Å². The van der Waals surface area contributed by atoms with Gasteiger partial charge in [-0.05, 0) is 39.2 Å². The monoisotopic (exact) mass is 303 g/mol. The Kier molecular flexibility index (Phi) is 3.89. The molecular formula is C18H25NO3. The lowest BCUT2D eigenvalue weighted by molar-refractivity contribution is 0.0105. The molecule has 2 heterocycles. The standard InChI is InChI=1S/C18H25NO3/c1-17(2,3)22-16(20)19-11-7-10-15(12-19)18(13-21-18)14-8-5-4-6-9-14/h4-6,8-9,15H,7,10-13H2,1-3H3. The maximum Gasteiger partial charge on any atom is 0.410 e. The van der Waals surface area contributed by atoms with Crippen LogP contribution < -0.4 is 0 Å². The Labute approximate surface area is 132 Å². The number of benzene rings is 1. The van der Waals surface area contributed by atoms with Crippen LogP contribution in [-0.2, 0) is 15.1 Å². The molecule has 2 aliphatic heterocycles. The first kappa shape index (κ1) is 15.3. The zero-order valence-corrected chi connectivity index (χ0v) is 13.7. The number of carbonyl (C=O) groups is 1. The van der Waals surface area contributed by atoms with Crippen molar-refractivity contribution in [3.63, 3.8) is 0 Å². The topological polar surface area (TPSA) is 42.1 Å². The highest BCUT2D eigenvalue weighted by Crippen LogP contribution is 2.48. The second kappa shape index (κ2) is 5.58. The molecule has 4 heteroatoms. The second-order valence-electron chi connectivity index (χ2n) is 7.31. The van der Waals surface area contributed by atoms with Crippen molar-refractivity contribution in [1.82, 2.24) is 4.90 Å². The van der Waals surface area contributed by atoms with E-state index in [1.165, 1.54) is 5.56 Å². The first-order valence-electron chi connectivity index (χ1n) is 8.08. The van der Waals surface area contributed by atoms with Crippen LogP contribution in [0.2, 0.25) is 0 Å². The Balaban J connectivity index is 1.70. The summed E-state index contributed by atoms with van der Waals surface area (Å²) in [4.78, 5) is 14.1. The number of likely N-dealkylation sites (tertiary alicyclic amines) is 1. The molecule has 0 saturated carbocycles. The summed E-state index contributed by atoms with van der Waals surface area (Å²) >= 11 is 0. The average Bonchev–Trinajstić information content (AvgIpc) is 3.28. The van der Waals surface area contributed by atoms with E-state index in [2.05, 4.69) is 12.1 Å². The van der Waals surface area contributed by atoms with E-state index in [0.29, 0.717) is 12.5 Å². The van der Waals surface area contributed by atoms with E-state index in [1.807, 2.05) is 43.9 Å². The largest absolute Gasteiger partial charge is 0.444 e. The smallest absolute Gasteiger partial charge is 0.410 e. The van der Waals surface area contributed by atoms with Crippen molar-refractivity contribution in [1.29, 1.82) is 0 Å². The third kappa shape index (κ3) is 3.12. The third-order valence-electron chi connectivity index (χ3n) is 4.45. The number of hydrogen-bond donors (Lipinski definition) is 0. The van der Waals surface area contributed by atoms with Gasteiger partial charge in [0.15, 0.2) is 0 Å². The van der Waals surface area contributed by atoms with Gasteiger partial charge in [-0.2, -0.15) is 0 Å². The van der Waals surface area contributed by atoms with Crippen LogP contribution >= 0.6 is 0 Å². The molecule has 2 aliphatic rings. The molecule has 1 amide bonds. The molecule has 2 unspecified atom stereocenters. The van der Waals surface area contributed by atoms with E-state index in [0.717, 1.165) is 26.0 Å². The fourth-order valence-corrected chi connectivity index (χ4v) is 3.29. The van der Waals surface area contributed by atoms with Crippen molar-refractivity contribution in [3.05, 3.63) is 35.9 Å². The Morgan fingerprint density at radius 1 is 1.32 bits per heavy atom. The predicted molar refractivity (Wildman–Crippen MR) is 84.6 cm³/mol. The quantitative estimate of drug-likeness (QED) is 0.785. The van der Waals surface area contributed by atoms with E-state index in [-0.39, 0.29) is 11.7 Å². The van der Waals surface area contributed by atoms with E-state index in [1.54, 1.807) is 0 Å². The summed E-state index contributed by atoms with van der Waals surface area (Å²) in [7, 11) is 0. The maximum absolute atomic E-state index is 12.3. The Hall–Kier alpha value is -1.55. The minimum absolute atomic E-state index is 0.193. The summed E-state index contributed by atoms with van der Waals surface area (Å²) in [6.45, 7) is 7.95. The Morgan fingerprint density at radius 3 is 2.59 bits per heavy atom. The van der Waals surface area contributed by atoms with Crippen LogP contribution in [0.3, 0.4) is 0 Å². The van der Waals surface area contributed by atoms with Crippen LogP contribution in [-0.4, -0.2) is 36.3 Å². The van der Waals surface area contributed by atoms with Crippen molar-refractivity contribution >= 4 is 6.09 Å². The Morgan fingerprint density at radius 2 is 2.00 bits per heavy atom. The minimum atomic E-state index is -0.447. The number of hydrogen-bond acceptors (Lipinski definition) is 3. The Bertz CT molecular complexity index is 531. The molecule has 0 aliphatic carbocycles. The molecule has 2 atom stereocenters. The average molecular weight is 303 g/mol. The second-order valence-corrected chi connectivity index (χ2v) is 7.31. The van der Waals surface area contributed by atoms with E-state index in [4.69, 9.17) is 9.47 Å². The SMILES string of the molecule is CC(C)(C)OC(=O)N1CCCC(C2(c3ccccc3)CO2)C1. The van der Waals surface area contributed by atoms with Gasteiger partial charge in [0.05, 0.1) is 6.61 Å². The molecule has 1 aromatic carbocycles. The third-order valence-corrected chi connectivity index (χ3v) is 4.45. The molecule has 4 nitrogen and oxygen atoms in total. The van der Waals surface area contributed by atoms with Gasteiger partial charge >= 0.3 is 6.09 Å². The zero-order valence-electron chi connectivity index (χ0n) is 13.7. The van der Waals surface area contributed by atoms with Crippen LogP contribution in [0.5, 0.6) is 0 Å². The molecule has 3 rings (SSSR count). The maximum atomic E-state index is 12.3. The van der Waals surface area contributed by atoms with Gasteiger partial charge in [0.25, 0.3) is 0 Å².